The smallest absolute Gasteiger partial charge is 0.310 e. The molecule has 1 amide bonds. The summed E-state index contributed by atoms with van der Waals surface area (Å²) in [5.74, 6) is -0.115. The van der Waals surface area contributed by atoms with Gasteiger partial charge in [-0.05, 0) is 43.0 Å². The summed E-state index contributed by atoms with van der Waals surface area (Å²) >= 11 is 0. The molecular weight excluding hydrogens is 342 g/mol. The van der Waals surface area contributed by atoms with E-state index in [1.54, 1.807) is 6.92 Å². The fourth-order valence-corrected chi connectivity index (χ4v) is 3.48. The molecule has 2 aromatic rings. The van der Waals surface area contributed by atoms with Crippen molar-refractivity contribution >= 4 is 11.9 Å². The minimum absolute atomic E-state index is 0.184. The number of carbonyl (C=O) groups is 2. The Kier molecular flexibility index (Phi) is 6.12. The molecule has 1 fully saturated rings. The summed E-state index contributed by atoms with van der Waals surface area (Å²) < 4.78 is 10.6. The number of esters is 1. The van der Waals surface area contributed by atoms with Crippen molar-refractivity contribution in [1.29, 1.82) is 0 Å². The molecule has 1 aliphatic rings. The molecule has 0 saturated heterocycles. The second kappa shape index (κ2) is 8.71. The molecule has 27 heavy (non-hydrogen) atoms. The second-order valence-corrected chi connectivity index (χ2v) is 6.83. The molecular formula is C22H25NO4. The third-order valence-electron chi connectivity index (χ3n) is 4.99. The highest BCUT2D eigenvalue weighted by molar-refractivity contribution is 5.82. The van der Waals surface area contributed by atoms with E-state index in [0.717, 1.165) is 30.4 Å². The summed E-state index contributed by atoms with van der Waals surface area (Å²) in [7, 11) is 1.38. The van der Waals surface area contributed by atoms with Crippen LogP contribution < -0.4 is 10.1 Å². The highest BCUT2D eigenvalue weighted by Crippen LogP contribution is 2.27. The van der Waals surface area contributed by atoms with Crippen LogP contribution in [0, 0.1) is 5.92 Å². The number of hydrogen-bond acceptors (Lipinski definition) is 4. The first-order valence-electron chi connectivity index (χ1n) is 9.29. The maximum absolute atomic E-state index is 12.5. The van der Waals surface area contributed by atoms with Crippen LogP contribution >= 0.6 is 0 Å². The van der Waals surface area contributed by atoms with Gasteiger partial charge in [0, 0.05) is 6.04 Å². The van der Waals surface area contributed by atoms with Crippen LogP contribution in [0.1, 0.15) is 26.2 Å². The van der Waals surface area contributed by atoms with Crippen molar-refractivity contribution < 1.29 is 19.1 Å². The molecule has 0 bridgehead atoms. The van der Waals surface area contributed by atoms with Gasteiger partial charge in [-0.15, -0.1) is 0 Å². The first-order valence-corrected chi connectivity index (χ1v) is 9.29. The lowest BCUT2D eigenvalue weighted by atomic mass is 10.0. The van der Waals surface area contributed by atoms with Gasteiger partial charge in [-0.1, -0.05) is 48.9 Å². The summed E-state index contributed by atoms with van der Waals surface area (Å²) in [5, 5.41) is 2.94. The van der Waals surface area contributed by atoms with E-state index in [0.29, 0.717) is 5.75 Å². The number of methoxy groups -OCH3 is 1. The first kappa shape index (κ1) is 19.0. The molecule has 3 rings (SSSR count). The molecule has 1 saturated carbocycles. The number of benzene rings is 2. The van der Waals surface area contributed by atoms with Crippen LogP contribution in [0.25, 0.3) is 11.1 Å². The Morgan fingerprint density at radius 2 is 1.67 bits per heavy atom. The highest BCUT2D eigenvalue weighted by atomic mass is 16.5. The lowest BCUT2D eigenvalue weighted by molar-refractivity contribution is -0.146. The fourth-order valence-electron chi connectivity index (χ4n) is 3.48. The van der Waals surface area contributed by atoms with Gasteiger partial charge in [-0.25, -0.2) is 0 Å². The lowest BCUT2D eigenvalue weighted by Gasteiger charge is -2.22. The Balaban J connectivity index is 1.57. The van der Waals surface area contributed by atoms with Crippen LogP contribution in [0.3, 0.4) is 0 Å². The predicted molar refractivity (Wildman–Crippen MR) is 103 cm³/mol. The van der Waals surface area contributed by atoms with Crippen LogP contribution in [0.5, 0.6) is 5.75 Å². The van der Waals surface area contributed by atoms with Crippen molar-refractivity contribution in [2.45, 2.75) is 38.3 Å². The third-order valence-corrected chi connectivity index (χ3v) is 4.99. The van der Waals surface area contributed by atoms with Crippen molar-refractivity contribution in [2.75, 3.05) is 7.11 Å². The number of nitrogens with one attached hydrogen (secondary N) is 1. The Hall–Kier alpha value is -2.82. The second-order valence-electron chi connectivity index (χ2n) is 6.83. The zero-order chi connectivity index (χ0) is 19.2. The molecule has 5 nitrogen and oxygen atoms in total. The number of carbonyl (C=O) groups excluding carboxylic acids is 2. The van der Waals surface area contributed by atoms with Gasteiger partial charge in [0.2, 0.25) is 0 Å². The van der Waals surface area contributed by atoms with Crippen LogP contribution in [-0.4, -0.2) is 31.1 Å². The van der Waals surface area contributed by atoms with Gasteiger partial charge in [-0.2, -0.15) is 0 Å². The first-order chi connectivity index (χ1) is 13.1. The Morgan fingerprint density at radius 3 is 2.33 bits per heavy atom. The molecule has 0 aliphatic heterocycles. The number of amides is 1. The van der Waals surface area contributed by atoms with Gasteiger partial charge in [-0.3, -0.25) is 9.59 Å². The Morgan fingerprint density at radius 1 is 1.00 bits per heavy atom. The quantitative estimate of drug-likeness (QED) is 0.793. The van der Waals surface area contributed by atoms with E-state index >= 15 is 0 Å². The number of rotatable bonds is 6. The maximum Gasteiger partial charge on any atom is 0.310 e. The molecule has 5 heteroatoms. The topological polar surface area (TPSA) is 64.6 Å². The summed E-state index contributed by atoms with van der Waals surface area (Å²) in [6.07, 6.45) is 1.78. The average molecular weight is 367 g/mol. The van der Waals surface area contributed by atoms with Gasteiger partial charge < -0.3 is 14.8 Å². The number of ether oxygens (including phenoxy) is 2. The zero-order valence-electron chi connectivity index (χ0n) is 15.7. The van der Waals surface area contributed by atoms with Crippen LogP contribution in [0.2, 0.25) is 0 Å². The van der Waals surface area contributed by atoms with Crippen LogP contribution in [0.15, 0.2) is 54.6 Å². The largest absolute Gasteiger partial charge is 0.481 e. The van der Waals surface area contributed by atoms with Gasteiger partial charge in [0.05, 0.1) is 13.0 Å². The molecule has 0 radical (unpaired) electrons. The van der Waals surface area contributed by atoms with E-state index in [2.05, 4.69) is 5.32 Å². The molecule has 0 aromatic heterocycles. The Bertz CT molecular complexity index is 773. The van der Waals surface area contributed by atoms with Crippen molar-refractivity contribution in [1.82, 2.24) is 5.32 Å². The fraction of sp³-hybridized carbons (Fsp3) is 0.364. The van der Waals surface area contributed by atoms with Crippen molar-refractivity contribution in [3.05, 3.63) is 54.6 Å². The van der Waals surface area contributed by atoms with E-state index in [-0.39, 0.29) is 23.8 Å². The molecule has 3 atom stereocenters. The molecule has 142 valence electrons. The van der Waals surface area contributed by atoms with Crippen LogP contribution in [-0.2, 0) is 14.3 Å². The van der Waals surface area contributed by atoms with E-state index in [1.807, 2.05) is 54.6 Å². The number of hydrogen-bond donors (Lipinski definition) is 1. The van der Waals surface area contributed by atoms with Gasteiger partial charge >= 0.3 is 5.97 Å². The van der Waals surface area contributed by atoms with E-state index in [4.69, 9.17) is 9.47 Å². The lowest BCUT2D eigenvalue weighted by Crippen LogP contribution is -2.45. The Labute approximate surface area is 159 Å². The molecule has 0 heterocycles. The van der Waals surface area contributed by atoms with Crippen molar-refractivity contribution in [3.63, 3.8) is 0 Å². The van der Waals surface area contributed by atoms with E-state index in [1.165, 1.54) is 7.11 Å². The maximum atomic E-state index is 12.5. The predicted octanol–water partition coefficient (Wildman–Crippen LogP) is 3.58. The monoisotopic (exact) mass is 367 g/mol. The zero-order valence-corrected chi connectivity index (χ0v) is 15.7. The summed E-state index contributed by atoms with van der Waals surface area (Å²) in [6, 6.07) is 17.5. The van der Waals surface area contributed by atoms with Crippen molar-refractivity contribution in [3.8, 4) is 16.9 Å². The minimum atomic E-state index is -0.647. The molecule has 0 unspecified atom stereocenters. The highest BCUT2D eigenvalue weighted by Gasteiger charge is 2.35. The van der Waals surface area contributed by atoms with Crippen molar-refractivity contribution in [2.24, 2.45) is 5.92 Å². The standard InChI is InChI=1S/C22H25NO4/c1-15(21(24)23-20-10-6-9-19(20)22(25)26-2)27-18-13-11-17(12-14-18)16-7-4-3-5-8-16/h3-5,7-8,11-15,19-20H,6,9-10H2,1-2H3,(H,23,24)/t15-,19+,20+/m0/s1. The minimum Gasteiger partial charge on any atom is -0.481 e. The normalized spacial score (nSPS) is 19.9. The summed E-state index contributed by atoms with van der Waals surface area (Å²) in [5.41, 5.74) is 2.22. The van der Waals surface area contributed by atoms with Crippen LogP contribution in [0.4, 0.5) is 0 Å². The molecule has 0 spiro atoms. The van der Waals surface area contributed by atoms with Gasteiger partial charge in [0.1, 0.15) is 5.75 Å². The SMILES string of the molecule is COC(=O)[C@@H]1CCC[C@H]1NC(=O)[C@H](C)Oc1ccc(-c2ccccc2)cc1. The van der Waals surface area contributed by atoms with Gasteiger partial charge in [0.25, 0.3) is 5.91 Å². The molecule has 1 N–H and O–H groups in total. The molecule has 1 aliphatic carbocycles. The summed E-state index contributed by atoms with van der Waals surface area (Å²) in [4.78, 5) is 24.3. The average Bonchev–Trinajstić information content (AvgIpc) is 3.16. The van der Waals surface area contributed by atoms with Gasteiger partial charge in [0.15, 0.2) is 6.10 Å². The van der Waals surface area contributed by atoms with E-state index < -0.39 is 6.10 Å². The third kappa shape index (κ3) is 4.67. The van der Waals surface area contributed by atoms with E-state index in [9.17, 15) is 9.59 Å². The summed E-state index contributed by atoms with van der Waals surface area (Å²) in [6.45, 7) is 1.71. The molecule has 2 aromatic carbocycles.